The molecule has 1 amide bonds. The molecule has 0 unspecified atom stereocenters. The molecule has 2 aromatic carbocycles. The first-order valence-electron chi connectivity index (χ1n) is 7.84. The average Bonchev–Trinajstić information content (AvgIpc) is 2.65. The highest BCUT2D eigenvalue weighted by Crippen LogP contribution is 2.32. The van der Waals surface area contributed by atoms with Gasteiger partial charge in [-0.3, -0.25) is 4.79 Å². The molecule has 1 heterocycles. The predicted octanol–water partition coefficient (Wildman–Crippen LogP) is 4.81. The number of anilines is 1. The van der Waals surface area contributed by atoms with Crippen molar-refractivity contribution < 1.29 is 9.18 Å². The lowest BCUT2D eigenvalue weighted by Crippen LogP contribution is -2.15. The van der Waals surface area contributed by atoms with Crippen molar-refractivity contribution >= 4 is 35.1 Å². The van der Waals surface area contributed by atoms with E-state index < -0.39 is 0 Å². The second-order valence-electron chi connectivity index (χ2n) is 5.38. The van der Waals surface area contributed by atoms with Crippen LogP contribution in [-0.4, -0.2) is 21.6 Å². The number of carbonyl (C=O) groups is 1. The van der Waals surface area contributed by atoms with Gasteiger partial charge < -0.3 is 5.32 Å². The number of hydrogen-bond acceptors (Lipinski definition) is 5. The number of nitrogens with one attached hydrogen (secondary N) is 1. The Morgan fingerprint density at radius 3 is 2.58 bits per heavy atom. The van der Waals surface area contributed by atoms with Gasteiger partial charge in [0, 0.05) is 23.0 Å². The third kappa shape index (κ3) is 5.06. The molecule has 0 aliphatic heterocycles. The van der Waals surface area contributed by atoms with Crippen molar-refractivity contribution in [2.45, 2.75) is 21.9 Å². The van der Waals surface area contributed by atoms with Crippen LogP contribution in [0.2, 0.25) is 0 Å². The van der Waals surface area contributed by atoms with E-state index in [-0.39, 0.29) is 17.5 Å². The maximum atomic E-state index is 13.3. The van der Waals surface area contributed by atoms with Gasteiger partial charge in [-0.2, -0.15) is 0 Å². The summed E-state index contributed by atoms with van der Waals surface area (Å²) in [4.78, 5) is 21.9. The lowest BCUT2D eigenvalue weighted by Gasteiger charge is -2.09. The normalized spacial score (nSPS) is 10.5. The summed E-state index contributed by atoms with van der Waals surface area (Å²) in [5.41, 5.74) is 1.29. The van der Waals surface area contributed by atoms with Gasteiger partial charge in [0.2, 0.25) is 5.91 Å². The van der Waals surface area contributed by atoms with Gasteiger partial charge in [-0.1, -0.05) is 47.8 Å². The first-order valence-corrected chi connectivity index (χ1v) is 9.65. The number of halogens is 1. The van der Waals surface area contributed by atoms with Crippen LogP contribution in [0.4, 0.5) is 10.1 Å². The van der Waals surface area contributed by atoms with Gasteiger partial charge in [0.05, 0.1) is 5.75 Å². The number of benzene rings is 2. The SMILES string of the molecule is Cc1ccc(F)cc1NC(=O)CSc1nccnc1Sc1ccccc1. The minimum Gasteiger partial charge on any atom is -0.325 e. The van der Waals surface area contributed by atoms with E-state index in [0.29, 0.717) is 10.7 Å². The van der Waals surface area contributed by atoms with Crippen molar-refractivity contribution in [1.29, 1.82) is 0 Å². The van der Waals surface area contributed by atoms with E-state index in [0.717, 1.165) is 15.5 Å². The molecule has 0 fully saturated rings. The summed E-state index contributed by atoms with van der Waals surface area (Å²) in [5.74, 6) is -0.434. The molecule has 0 atom stereocenters. The molecular weight excluding hydrogens is 369 g/mol. The van der Waals surface area contributed by atoms with Crippen LogP contribution in [0.15, 0.2) is 75.9 Å². The second-order valence-corrected chi connectivity index (χ2v) is 7.40. The zero-order chi connectivity index (χ0) is 18.4. The molecule has 3 aromatic rings. The van der Waals surface area contributed by atoms with E-state index in [4.69, 9.17) is 0 Å². The summed E-state index contributed by atoms with van der Waals surface area (Å²) in [6, 6.07) is 14.2. The highest BCUT2D eigenvalue weighted by molar-refractivity contribution is 8.02. The van der Waals surface area contributed by atoms with E-state index >= 15 is 0 Å². The summed E-state index contributed by atoms with van der Waals surface area (Å²) in [7, 11) is 0. The lowest BCUT2D eigenvalue weighted by atomic mass is 10.2. The molecule has 0 saturated heterocycles. The molecule has 4 nitrogen and oxygen atoms in total. The standard InChI is InChI=1S/C19H16FN3OS2/c1-13-7-8-14(20)11-16(13)23-17(24)12-25-18-19(22-10-9-21-18)26-15-5-3-2-4-6-15/h2-11H,12H2,1H3,(H,23,24). The maximum Gasteiger partial charge on any atom is 0.234 e. The number of carbonyl (C=O) groups excluding carboxylic acids is 1. The van der Waals surface area contributed by atoms with Crippen molar-refractivity contribution in [3.8, 4) is 0 Å². The zero-order valence-electron chi connectivity index (χ0n) is 14.0. The number of hydrogen-bond donors (Lipinski definition) is 1. The first kappa shape index (κ1) is 18.4. The molecule has 1 N–H and O–H groups in total. The molecule has 0 bridgehead atoms. The number of amides is 1. The van der Waals surface area contributed by atoms with E-state index in [1.54, 1.807) is 18.5 Å². The van der Waals surface area contributed by atoms with Crippen molar-refractivity contribution in [2.75, 3.05) is 11.1 Å². The molecule has 132 valence electrons. The molecule has 0 aliphatic rings. The van der Waals surface area contributed by atoms with Crippen LogP contribution < -0.4 is 5.32 Å². The van der Waals surface area contributed by atoms with Crippen LogP contribution in [0.5, 0.6) is 0 Å². The average molecular weight is 385 g/mol. The number of rotatable bonds is 6. The van der Waals surface area contributed by atoms with Crippen molar-refractivity contribution in [3.05, 3.63) is 72.3 Å². The zero-order valence-corrected chi connectivity index (χ0v) is 15.6. The van der Waals surface area contributed by atoms with Crippen molar-refractivity contribution in [2.24, 2.45) is 0 Å². The monoisotopic (exact) mass is 385 g/mol. The highest BCUT2D eigenvalue weighted by atomic mass is 32.2. The highest BCUT2D eigenvalue weighted by Gasteiger charge is 2.12. The lowest BCUT2D eigenvalue weighted by molar-refractivity contribution is -0.113. The van der Waals surface area contributed by atoms with Crippen LogP contribution in [0.3, 0.4) is 0 Å². The van der Waals surface area contributed by atoms with Gasteiger partial charge >= 0.3 is 0 Å². The molecule has 0 aliphatic carbocycles. The Labute approximate surface area is 159 Å². The number of thioether (sulfide) groups is 1. The Hall–Kier alpha value is -2.38. The van der Waals surface area contributed by atoms with Crippen LogP contribution >= 0.6 is 23.5 Å². The topological polar surface area (TPSA) is 54.9 Å². The third-order valence-corrected chi connectivity index (χ3v) is 5.51. The molecule has 26 heavy (non-hydrogen) atoms. The summed E-state index contributed by atoms with van der Waals surface area (Å²) < 4.78 is 13.3. The molecular formula is C19H16FN3OS2. The summed E-state index contributed by atoms with van der Waals surface area (Å²) in [6.07, 6.45) is 3.23. The van der Waals surface area contributed by atoms with Crippen LogP contribution in [0.1, 0.15) is 5.56 Å². The van der Waals surface area contributed by atoms with Gasteiger partial charge in [0.15, 0.2) is 0 Å². The quantitative estimate of drug-likeness (QED) is 0.618. The fraction of sp³-hybridized carbons (Fsp3) is 0.105. The third-order valence-electron chi connectivity index (χ3n) is 3.40. The van der Waals surface area contributed by atoms with Gasteiger partial charge in [-0.15, -0.1) is 0 Å². The number of aryl methyl sites for hydroxylation is 1. The fourth-order valence-corrected chi connectivity index (χ4v) is 3.85. The van der Waals surface area contributed by atoms with Gasteiger partial charge in [-0.05, 0) is 36.8 Å². The summed E-state index contributed by atoms with van der Waals surface area (Å²) >= 11 is 2.80. The largest absolute Gasteiger partial charge is 0.325 e. The molecule has 7 heteroatoms. The van der Waals surface area contributed by atoms with Crippen LogP contribution in [0, 0.1) is 12.7 Å². The van der Waals surface area contributed by atoms with Gasteiger partial charge in [0.25, 0.3) is 0 Å². The van der Waals surface area contributed by atoms with Crippen molar-refractivity contribution in [3.63, 3.8) is 0 Å². The van der Waals surface area contributed by atoms with E-state index in [1.807, 2.05) is 37.3 Å². The van der Waals surface area contributed by atoms with E-state index in [9.17, 15) is 9.18 Å². The Morgan fingerprint density at radius 2 is 1.81 bits per heavy atom. The van der Waals surface area contributed by atoms with E-state index in [1.165, 1.54) is 35.7 Å². The van der Waals surface area contributed by atoms with Crippen LogP contribution in [-0.2, 0) is 4.79 Å². The number of aromatic nitrogens is 2. The Kier molecular flexibility index (Phi) is 6.25. The van der Waals surface area contributed by atoms with Crippen LogP contribution in [0.25, 0.3) is 0 Å². The first-order chi connectivity index (χ1) is 12.6. The van der Waals surface area contributed by atoms with Gasteiger partial charge in [0.1, 0.15) is 15.9 Å². The molecule has 0 radical (unpaired) electrons. The van der Waals surface area contributed by atoms with Gasteiger partial charge in [-0.25, -0.2) is 14.4 Å². The molecule has 0 saturated carbocycles. The maximum absolute atomic E-state index is 13.3. The smallest absolute Gasteiger partial charge is 0.234 e. The molecule has 1 aromatic heterocycles. The van der Waals surface area contributed by atoms with E-state index in [2.05, 4.69) is 15.3 Å². The number of nitrogens with zero attached hydrogens (tertiary/aromatic N) is 2. The predicted molar refractivity (Wildman–Crippen MR) is 103 cm³/mol. The Morgan fingerprint density at radius 1 is 1.08 bits per heavy atom. The van der Waals surface area contributed by atoms with Crippen molar-refractivity contribution in [1.82, 2.24) is 9.97 Å². The minimum atomic E-state index is -0.381. The second kappa shape index (κ2) is 8.82. The summed E-state index contributed by atoms with van der Waals surface area (Å²) in [5, 5.41) is 4.17. The Balaban J connectivity index is 1.64. The molecule has 3 rings (SSSR count). The summed E-state index contributed by atoms with van der Waals surface area (Å²) in [6.45, 7) is 1.82. The Bertz CT molecular complexity index is 906. The fourth-order valence-electron chi connectivity index (χ4n) is 2.13. The minimum absolute atomic E-state index is 0.164. The molecule has 0 spiro atoms.